The van der Waals surface area contributed by atoms with Gasteiger partial charge in [-0.2, -0.15) is 0 Å². The van der Waals surface area contributed by atoms with E-state index in [4.69, 9.17) is 0 Å². The highest BCUT2D eigenvalue weighted by atomic mass is 79.9. The Morgan fingerprint density at radius 2 is 2.16 bits per heavy atom. The van der Waals surface area contributed by atoms with Gasteiger partial charge in [-0.05, 0) is 50.0 Å². The van der Waals surface area contributed by atoms with E-state index in [0.29, 0.717) is 16.9 Å². The number of hydrogen-bond acceptors (Lipinski definition) is 2. The van der Waals surface area contributed by atoms with E-state index >= 15 is 0 Å². The fraction of sp³-hybridized carbons (Fsp3) is 0.500. The molecule has 0 aliphatic carbocycles. The molecule has 0 radical (unpaired) electrons. The molecule has 1 fully saturated rings. The van der Waals surface area contributed by atoms with Gasteiger partial charge in [0.25, 0.3) is 5.91 Å². The first-order chi connectivity index (χ1) is 9.08. The number of piperidine rings is 1. The van der Waals surface area contributed by atoms with Crippen molar-refractivity contribution in [2.24, 2.45) is 5.92 Å². The first-order valence-corrected chi connectivity index (χ1v) is 7.28. The van der Waals surface area contributed by atoms with E-state index in [1.165, 1.54) is 12.1 Å². The van der Waals surface area contributed by atoms with Crippen LogP contribution in [0.15, 0.2) is 22.7 Å². The van der Waals surface area contributed by atoms with E-state index in [9.17, 15) is 9.18 Å². The molecule has 5 heteroatoms. The summed E-state index contributed by atoms with van der Waals surface area (Å²) in [6.07, 6.45) is 2.14. The first-order valence-electron chi connectivity index (χ1n) is 6.49. The fourth-order valence-corrected chi connectivity index (χ4v) is 2.74. The van der Waals surface area contributed by atoms with Gasteiger partial charge >= 0.3 is 0 Å². The lowest BCUT2D eigenvalue weighted by Gasteiger charge is -2.27. The highest BCUT2D eigenvalue weighted by Gasteiger charge is 2.21. The molecule has 1 saturated heterocycles. The standard InChI is InChI=1S/C14H18BrFN2O/c1-18(9-10-4-6-17-7-5-10)14(19)12-3-2-11(15)8-13(12)16/h2-3,8,10,17H,4-7,9H2,1H3. The summed E-state index contributed by atoms with van der Waals surface area (Å²) in [5.41, 5.74) is 0.139. The van der Waals surface area contributed by atoms with E-state index in [0.717, 1.165) is 25.9 Å². The van der Waals surface area contributed by atoms with E-state index < -0.39 is 5.82 Å². The second-order valence-electron chi connectivity index (χ2n) is 5.00. The Kier molecular flexibility index (Phi) is 4.93. The monoisotopic (exact) mass is 328 g/mol. The Labute approximate surface area is 121 Å². The molecule has 19 heavy (non-hydrogen) atoms. The third kappa shape index (κ3) is 3.76. The molecule has 0 saturated carbocycles. The Bertz CT molecular complexity index is 461. The van der Waals surface area contributed by atoms with Gasteiger partial charge in [-0.25, -0.2) is 4.39 Å². The van der Waals surface area contributed by atoms with Crippen molar-refractivity contribution in [1.29, 1.82) is 0 Å². The Hall–Kier alpha value is -0.940. The average Bonchev–Trinajstić information content (AvgIpc) is 2.39. The SMILES string of the molecule is CN(CC1CCNCC1)C(=O)c1ccc(Br)cc1F. The number of carbonyl (C=O) groups excluding carboxylic acids is 1. The van der Waals surface area contributed by atoms with Crippen molar-refractivity contribution in [2.45, 2.75) is 12.8 Å². The van der Waals surface area contributed by atoms with Crippen LogP contribution in [0, 0.1) is 11.7 Å². The lowest BCUT2D eigenvalue weighted by Crippen LogP contribution is -2.37. The summed E-state index contributed by atoms with van der Waals surface area (Å²) in [4.78, 5) is 13.8. The largest absolute Gasteiger partial charge is 0.341 e. The number of nitrogens with one attached hydrogen (secondary N) is 1. The second-order valence-corrected chi connectivity index (χ2v) is 5.92. The number of benzene rings is 1. The lowest BCUT2D eigenvalue weighted by atomic mass is 9.97. The van der Waals surface area contributed by atoms with Crippen LogP contribution >= 0.6 is 15.9 Å². The van der Waals surface area contributed by atoms with E-state index in [1.807, 2.05) is 0 Å². The molecule has 0 unspecified atom stereocenters. The smallest absolute Gasteiger partial charge is 0.256 e. The molecule has 0 bridgehead atoms. The molecule has 1 aromatic rings. The van der Waals surface area contributed by atoms with E-state index in [-0.39, 0.29) is 11.5 Å². The number of halogens is 2. The Morgan fingerprint density at radius 1 is 1.47 bits per heavy atom. The topological polar surface area (TPSA) is 32.3 Å². The van der Waals surface area contributed by atoms with Gasteiger partial charge < -0.3 is 10.2 Å². The fourth-order valence-electron chi connectivity index (χ4n) is 2.40. The summed E-state index contributed by atoms with van der Waals surface area (Å²) in [7, 11) is 1.74. The zero-order valence-corrected chi connectivity index (χ0v) is 12.5. The molecule has 1 heterocycles. The minimum atomic E-state index is -0.475. The first kappa shape index (κ1) is 14.5. The van der Waals surface area contributed by atoms with Crippen LogP contribution in [0.25, 0.3) is 0 Å². The van der Waals surface area contributed by atoms with Crippen LogP contribution in [-0.2, 0) is 0 Å². The van der Waals surface area contributed by atoms with Crippen LogP contribution in [-0.4, -0.2) is 37.5 Å². The molecule has 1 N–H and O–H groups in total. The molecule has 0 spiro atoms. The molecule has 104 valence electrons. The van der Waals surface area contributed by atoms with Gasteiger partial charge in [0.05, 0.1) is 5.56 Å². The van der Waals surface area contributed by atoms with Crippen molar-refractivity contribution < 1.29 is 9.18 Å². The van der Waals surface area contributed by atoms with Gasteiger partial charge in [0, 0.05) is 18.1 Å². The van der Waals surface area contributed by atoms with Crippen molar-refractivity contribution in [3.8, 4) is 0 Å². The number of amides is 1. The second kappa shape index (κ2) is 6.48. The highest BCUT2D eigenvalue weighted by Crippen LogP contribution is 2.18. The van der Waals surface area contributed by atoms with Crippen LogP contribution in [0.5, 0.6) is 0 Å². The summed E-state index contributed by atoms with van der Waals surface area (Å²) in [6.45, 7) is 2.69. The molecule has 1 aliphatic rings. The minimum absolute atomic E-state index is 0.139. The van der Waals surface area contributed by atoms with Crippen LogP contribution in [0.1, 0.15) is 23.2 Å². The molecule has 3 nitrogen and oxygen atoms in total. The van der Waals surface area contributed by atoms with Crippen LogP contribution in [0.3, 0.4) is 0 Å². The van der Waals surface area contributed by atoms with Crippen molar-refractivity contribution in [3.63, 3.8) is 0 Å². The summed E-state index contributed by atoms with van der Waals surface area (Å²) < 4.78 is 14.4. The maximum atomic E-state index is 13.8. The predicted molar refractivity (Wildman–Crippen MR) is 76.7 cm³/mol. The number of hydrogen-bond donors (Lipinski definition) is 1. The maximum absolute atomic E-state index is 13.8. The molecular weight excluding hydrogens is 311 g/mol. The maximum Gasteiger partial charge on any atom is 0.256 e. The van der Waals surface area contributed by atoms with Crippen LogP contribution in [0.2, 0.25) is 0 Å². The average molecular weight is 329 g/mol. The molecule has 1 amide bonds. The molecule has 1 aromatic carbocycles. The van der Waals surface area contributed by atoms with E-state index in [2.05, 4.69) is 21.2 Å². The summed E-state index contributed by atoms with van der Waals surface area (Å²) in [5, 5.41) is 3.30. The molecule has 0 aromatic heterocycles. The highest BCUT2D eigenvalue weighted by molar-refractivity contribution is 9.10. The predicted octanol–water partition coefficient (Wildman–Crippen LogP) is 2.66. The van der Waals surface area contributed by atoms with Crippen LogP contribution < -0.4 is 5.32 Å². The third-order valence-corrected chi connectivity index (χ3v) is 3.99. The van der Waals surface area contributed by atoms with Gasteiger partial charge in [0.2, 0.25) is 0 Å². The lowest BCUT2D eigenvalue weighted by molar-refractivity contribution is 0.0758. The van der Waals surface area contributed by atoms with Crippen molar-refractivity contribution in [1.82, 2.24) is 10.2 Å². The van der Waals surface area contributed by atoms with Gasteiger partial charge in [-0.15, -0.1) is 0 Å². The van der Waals surface area contributed by atoms with Crippen LogP contribution in [0.4, 0.5) is 4.39 Å². The van der Waals surface area contributed by atoms with E-state index in [1.54, 1.807) is 18.0 Å². The molecule has 1 aliphatic heterocycles. The molecular formula is C14H18BrFN2O. The third-order valence-electron chi connectivity index (χ3n) is 3.50. The van der Waals surface area contributed by atoms with Gasteiger partial charge in [0.15, 0.2) is 0 Å². The number of carbonyl (C=O) groups is 1. The van der Waals surface area contributed by atoms with Gasteiger partial charge in [0.1, 0.15) is 5.82 Å². The Morgan fingerprint density at radius 3 is 2.79 bits per heavy atom. The van der Waals surface area contributed by atoms with Crippen molar-refractivity contribution >= 4 is 21.8 Å². The molecule has 0 atom stereocenters. The Balaban J connectivity index is 2.01. The number of nitrogens with zero attached hydrogens (tertiary/aromatic N) is 1. The normalized spacial score (nSPS) is 16.4. The zero-order chi connectivity index (χ0) is 13.8. The summed E-state index contributed by atoms with van der Waals surface area (Å²) in [5.74, 6) is -0.214. The van der Waals surface area contributed by atoms with Gasteiger partial charge in [-0.1, -0.05) is 15.9 Å². The van der Waals surface area contributed by atoms with Gasteiger partial charge in [-0.3, -0.25) is 4.79 Å². The van der Waals surface area contributed by atoms with Crippen molar-refractivity contribution in [2.75, 3.05) is 26.7 Å². The van der Waals surface area contributed by atoms with Crippen molar-refractivity contribution in [3.05, 3.63) is 34.1 Å². The number of rotatable bonds is 3. The summed E-state index contributed by atoms with van der Waals surface area (Å²) >= 11 is 3.19. The quantitative estimate of drug-likeness (QED) is 0.925. The minimum Gasteiger partial charge on any atom is -0.341 e. The molecule has 2 rings (SSSR count). The summed E-state index contributed by atoms with van der Waals surface area (Å²) in [6, 6.07) is 4.54. The zero-order valence-electron chi connectivity index (χ0n) is 11.0.